The van der Waals surface area contributed by atoms with Gasteiger partial charge >= 0.3 is 6.61 Å². The molecule has 10 heteroatoms. The van der Waals surface area contributed by atoms with Gasteiger partial charge in [-0.3, -0.25) is 14.5 Å². The fraction of sp³-hybridized carbons (Fsp3) is 0.400. The van der Waals surface area contributed by atoms with E-state index in [-0.39, 0.29) is 17.2 Å². The molecule has 0 atom stereocenters. The fourth-order valence-electron chi connectivity index (χ4n) is 4.65. The lowest BCUT2D eigenvalue weighted by molar-refractivity contribution is -0.127. The van der Waals surface area contributed by atoms with Crippen molar-refractivity contribution >= 4 is 33.5 Å². The molecule has 184 valence electrons. The van der Waals surface area contributed by atoms with E-state index >= 15 is 0 Å². The third kappa shape index (κ3) is 5.43. The predicted octanol–water partition coefficient (Wildman–Crippen LogP) is 3.82. The minimum Gasteiger partial charge on any atom is -0.435 e. The number of amides is 1. The van der Waals surface area contributed by atoms with Crippen LogP contribution in [0, 0.1) is 0 Å². The average Bonchev–Trinajstić information content (AvgIpc) is 3.22. The Morgan fingerprint density at radius 2 is 1.89 bits per heavy atom. The Hall–Kier alpha value is -3.11. The highest BCUT2D eigenvalue weighted by atomic mass is 32.1. The zero-order chi connectivity index (χ0) is 24.4. The molecule has 0 saturated carbocycles. The molecule has 0 bridgehead atoms. The van der Waals surface area contributed by atoms with Crippen molar-refractivity contribution in [3.8, 4) is 5.75 Å². The van der Waals surface area contributed by atoms with Crippen molar-refractivity contribution in [3.05, 3.63) is 62.5 Å². The van der Waals surface area contributed by atoms with E-state index in [1.165, 1.54) is 35.1 Å². The highest BCUT2D eigenvalue weighted by molar-refractivity contribution is 7.18. The molecular formula is C25H26F2N4O3S. The number of benzene rings is 1. The van der Waals surface area contributed by atoms with Crippen LogP contribution in [-0.4, -0.2) is 58.5 Å². The van der Waals surface area contributed by atoms with Crippen LogP contribution in [0.1, 0.15) is 34.7 Å². The van der Waals surface area contributed by atoms with E-state index in [2.05, 4.69) is 14.6 Å². The number of fused-ring (bicyclic) bond motifs is 3. The summed E-state index contributed by atoms with van der Waals surface area (Å²) in [5.74, 6) is 0.642. The topological polar surface area (TPSA) is 78.5 Å². The van der Waals surface area contributed by atoms with Gasteiger partial charge in [0.1, 0.15) is 16.4 Å². The molecule has 1 fully saturated rings. The van der Waals surface area contributed by atoms with Crippen molar-refractivity contribution in [2.45, 2.75) is 38.8 Å². The first-order valence-corrected chi connectivity index (χ1v) is 12.6. The van der Waals surface area contributed by atoms with Gasteiger partial charge in [0.15, 0.2) is 0 Å². The van der Waals surface area contributed by atoms with E-state index in [1.54, 1.807) is 34.4 Å². The summed E-state index contributed by atoms with van der Waals surface area (Å²) in [6, 6.07) is 6.12. The van der Waals surface area contributed by atoms with Crippen molar-refractivity contribution < 1.29 is 18.3 Å². The molecule has 1 aromatic carbocycles. The highest BCUT2D eigenvalue weighted by Crippen LogP contribution is 2.33. The maximum Gasteiger partial charge on any atom is 0.387 e. The third-order valence-electron chi connectivity index (χ3n) is 6.46. The summed E-state index contributed by atoms with van der Waals surface area (Å²) in [4.78, 5) is 39.2. The Kier molecular flexibility index (Phi) is 6.92. The number of carbonyl (C=O) groups is 1. The van der Waals surface area contributed by atoms with Crippen LogP contribution in [0.3, 0.4) is 0 Å². The molecule has 1 aliphatic carbocycles. The van der Waals surface area contributed by atoms with Crippen LogP contribution in [0.15, 0.2) is 35.1 Å². The van der Waals surface area contributed by atoms with Gasteiger partial charge in [-0.15, -0.1) is 11.3 Å². The second kappa shape index (κ2) is 10.2. The normalized spacial score (nSPS) is 16.8. The molecule has 3 aromatic rings. The van der Waals surface area contributed by atoms with Crippen LogP contribution < -0.4 is 10.3 Å². The van der Waals surface area contributed by atoms with Gasteiger partial charge in [-0.25, -0.2) is 4.98 Å². The molecule has 5 rings (SSSR count). The number of alkyl halides is 2. The second-order valence-electron chi connectivity index (χ2n) is 8.79. The van der Waals surface area contributed by atoms with E-state index in [1.807, 2.05) is 0 Å². The maximum atomic E-state index is 12.8. The van der Waals surface area contributed by atoms with Crippen LogP contribution in [0.4, 0.5) is 8.78 Å². The van der Waals surface area contributed by atoms with Gasteiger partial charge in [0.05, 0.1) is 11.9 Å². The Bertz CT molecular complexity index is 1290. The fourth-order valence-corrected chi connectivity index (χ4v) is 5.94. The van der Waals surface area contributed by atoms with Crippen molar-refractivity contribution in [2.75, 3.05) is 26.2 Å². The minimum absolute atomic E-state index is 0.0443. The maximum absolute atomic E-state index is 12.8. The van der Waals surface area contributed by atoms with Crippen LogP contribution in [0.25, 0.3) is 16.3 Å². The molecule has 1 N–H and O–H groups in total. The van der Waals surface area contributed by atoms with Gasteiger partial charge in [-0.05, 0) is 55.0 Å². The molecule has 1 saturated heterocycles. The summed E-state index contributed by atoms with van der Waals surface area (Å²) >= 11 is 1.65. The van der Waals surface area contributed by atoms with Crippen molar-refractivity contribution in [1.82, 2.24) is 19.8 Å². The van der Waals surface area contributed by atoms with Gasteiger partial charge in [-0.2, -0.15) is 8.78 Å². The quantitative estimate of drug-likeness (QED) is 0.521. The first-order chi connectivity index (χ1) is 17.0. The number of nitrogens with one attached hydrogen (secondary N) is 1. The van der Waals surface area contributed by atoms with E-state index in [0.717, 1.165) is 35.0 Å². The zero-order valence-electron chi connectivity index (χ0n) is 19.1. The lowest BCUT2D eigenvalue weighted by Crippen LogP contribution is -2.48. The summed E-state index contributed by atoms with van der Waals surface area (Å²) in [6.45, 7) is 0.188. The SMILES string of the molecule is O=C(C=Cc1ccc(OC(F)F)cc1)N1CCN(Cc2nc3sc4c(c3c(=O)[nH]2)CCCC4)CC1. The molecule has 1 amide bonds. The van der Waals surface area contributed by atoms with Gasteiger partial charge in [0.25, 0.3) is 5.56 Å². The highest BCUT2D eigenvalue weighted by Gasteiger charge is 2.23. The number of hydrogen-bond acceptors (Lipinski definition) is 6. The number of H-pyrrole nitrogens is 1. The molecule has 0 radical (unpaired) electrons. The monoisotopic (exact) mass is 500 g/mol. The number of nitrogens with zero attached hydrogens (tertiary/aromatic N) is 3. The van der Waals surface area contributed by atoms with Gasteiger partial charge in [-0.1, -0.05) is 12.1 Å². The molecule has 1 aliphatic heterocycles. The lowest BCUT2D eigenvalue weighted by Gasteiger charge is -2.33. The van der Waals surface area contributed by atoms with Crippen LogP contribution in [-0.2, 0) is 24.2 Å². The van der Waals surface area contributed by atoms with Gasteiger partial charge in [0, 0.05) is 37.1 Å². The number of aromatic nitrogens is 2. The van der Waals surface area contributed by atoms with Gasteiger partial charge < -0.3 is 14.6 Å². The first kappa shape index (κ1) is 23.6. The van der Waals surface area contributed by atoms with E-state index < -0.39 is 6.61 Å². The Morgan fingerprint density at radius 1 is 1.14 bits per heavy atom. The molecule has 2 aromatic heterocycles. The van der Waals surface area contributed by atoms with Crippen LogP contribution in [0.2, 0.25) is 0 Å². The number of halogens is 2. The molecule has 7 nitrogen and oxygen atoms in total. The average molecular weight is 501 g/mol. The summed E-state index contributed by atoms with van der Waals surface area (Å²) in [5.41, 5.74) is 1.87. The molecule has 0 unspecified atom stereocenters. The largest absolute Gasteiger partial charge is 0.435 e. The zero-order valence-corrected chi connectivity index (χ0v) is 20.0. The number of ether oxygens (including phenoxy) is 1. The summed E-state index contributed by atoms with van der Waals surface area (Å²) in [7, 11) is 0. The number of hydrogen-bond donors (Lipinski definition) is 1. The van der Waals surface area contributed by atoms with E-state index in [9.17, 15) is 18.4 Å². The Labute approximate surface area is 205 Å². The standard InChI is InChI=1S/C25H26F2N4O3S/c26-25(27)34-17-8-5-16(6-9-17)7-10-21(32)31-13-11-30(12-14-31)15-20-28-23(33)22-18-3-1-2-4-19(18)35-24(22)29-20/h5-10,25H,1-4,11-15H2,(H,28,29,33). The predicted molar refractivity (Wildman–Crippen MR) is 131 cm³/mol. The van der Waals surface area contributed by atoms with E-state index in [0.29, 0.717) is 38.5 Å². The number of aryl methyl sites for hydroxylation is 2. The number of rotatable bonds is 6. The Morgan fingerprint density at radius 3 is 2.63 bits per heavy atom. The molecule has 2 aliphatic rings. The van der Waals surface area contributed by atoms with E-state index in [4.69, 9.17) is 4.98 Å². The molecule has 35 heavy (non-hydrogen) atoms. The molecular weight excluding hydrogens is 474 g/mol. The minimum atomic E-state index is -2.86. The van der Waals surface area contributed by atoms with Gasteiger partial charge in [0.2, 0.25) is 5.91 Å². The van der Waals surface area contributed by atoms with Crippen molar-refractivity contribution in [3.63, 3.8) is 0 Å². The lowest BCUT2D eigenvalue weighted by atomic mass is 9.97. The summed E-state index contributed by atoms with van der Waals surface area (Å²) in [6.07, 6.45) is 7.44. The molecule has 0 spiro atoms. The summed E-state index contributed by atoms with van der Waals surface area (Å²) < 4.78 is 28.8. The Balaban J connectivity index is 1.16. The third-order valence-corrected chi connectivity index (χ3v) is 7.64. The first-order valence-electron chi connectivity index (χ1n) is 11.7. The number of thiophene rings is 1. The van der Waals surface area contributed by atoms with Crippen molar-refractivity contribution in [2.24, 2.45) is 0 Å². The van der Waals surface area contributed by atoms with Crippen molar-refractivity contribution in [1.29, 1.82) is 0 Å². The smallest absolute Gasteiger partial charge is 0.387 e. The molecule has 3 heterocycles. The van der Waals surface area contributed by atoms with Crippen LogP contribution in [0.5, 0.6) is 5.75 Å². The second-order valence-corrected chi connectivity index (χ2v) is 9.87. The number of aromatic amines is 1. The summed E-state index contributed by atoms with van der Waals surface area (Å²) in [5, 5.41) is 0.770. The number of carbonyl (C=O) groups excluding carboxylic acids is 1. The van der Waals surface area contributed by atoms with Crippen LogP contribution >= 0.6 is 11.3 Å². The number of piperazine rings is 1.